The number of hydrogen-bond acceptors (Lipinski definition) is 5. The lowest BCUT2D eigenvalue weighted by Gasteiger charge is -2.18. The van der Waals surface area contributed by atoms with Crippen molar-refractivity contribution in [1.29, 1.82) is 0 Å². The van der Waals surface area contributed by atoms with Crippen molar-refractivity contribution >= 4 is 27.0 Å². The lowest BCUT2D eigenvalue weighted by Crippen LogP contribution is -2.30. The van der Waals surface area contributed by atoms with Gasteiger partial charge in [-0.3, -0.25) is 4.79 Å². The van der Waals surface area contributed by atoms with Gasteiger partial charge in [0.2, 0.25) is 15.9 Å². The summed E-state index contributed by atoms with van der Waals surface area (Å²) < 4.78 is 47.8. The normalized spacial score (nSPS) is 11.9. The number of amides is 1. The van der Waals surface area contributed by atoms with Crippen LogP contribution in [0.1, 0.15) is 31.7 Å². The molecule has 3 rings (SSSR count). The molecule has 184 valence electrons. The van der Waals surface area contributed by atoms with Crippen LogP contribution in [0.15, 0.2) is 41.3 Å². The Morgan fingerprint density at radius 1 is 1.15 bits per heavy atom. The highest BCUT2D eigenvalue weighted by Gasteiger charge is 2.23. The van der Waals surface area contributed by atoms with Crippen LogP contribution in [-0.4, -0.2) is 60.3 Å². The average Bonchev–Trinajstić information content (AvgIpc) is 3.13. The van der Waals surface area contributed by atoms with Crippen molar-refractivity contribution in [2.45, 2.75) is 38.1 Å². The second-order valence-electron chi connectivity index (χ2n) is 8.05. The van der Waals surface area contributed by atoms with E-state index < -0.39 is 15.8 Å². The van der Waals surface area contributed by atoms with Crippen molar-refractivity contribution in [2.24, 2.45) is 7.05 Å². The number of fused-ring (bicyclic) bond motifs is 1. The van der Waals surface area contributed by atoms with Crippen molar-refractivity contribution < 1.29 is 22.3 Å². The minimum atomic E-state index is -3.58. The fourth-order valence-electron chi connectivity index (χ4n) is 3.91. The van der Waals surface area contributed by atoms with Crippen LogP contribution in [0.5, 0.6) is 5.75 Å². The quantitative estimate of drug-likeness (QED) is 0.435. The molecule has 0 aliphatic heterocycles. The van der Waals surface area contributed by atoms with E-state index in [1.54, 1.807) is 50.1 Å². The van der Waals surface area contributed by atoms with E-state index in [1.807, 2.05) is 11.6 Å². The third-order valence-electron chi connectivity index (χ3n) is 5.91. The van der Waals surface area contributed by atoms with Crippen LogP contribution in [-0.2, 0) is 34.8 Å². The van der Waals surface area contributed by atoms with Crippen molar-refractivity contribution in [2.75, 3.05) is 27.2 Å². The molecule has 8 nitrogen and oxygen atoms in total. The van der Waals surface area contributed by atoms with Crippen molar-refractivity contribution in [3.8, 4) is 5.75 Å². The Kier molecular flexibility index (Phi) is 7.93. The highest BCUT2D eigenvalue weighted by Crippen LogP contribution is 2.23. The third kappa shape index (κ3) is 5.23. The molecule has 2 aromatic carbocycles. The predicted octanol–water partition coefficient (Wildman–Crippen LogP) is 3.34. The first-order valence-corrected chi connectivity index (χ1v) is 12.6. The summed E-state index contributed by atoms with van der Waals surface area (Å²) in [7, 11) is 1.34. The summed E-state index contributed by atoms with van der Waals surface area (Å²) in [5, 5.41) is 0. The fourth-order valence-corrected chi connectivity index (χ4v) is 5.38. The number of carbonyl (C=O) groups is 1. The zero-order valence-electron chi connectivity index (χ0n) is 20.2. The molecule has 0 unspecified atom stereocenters. The molecule has 0 aliphatic rings. The molecule has 0 saturated heterocycles. The Labute approximate surface area is 200 Å². The number of imidazole rings is 1. The standard InChI is InChI=1S/C24H31FN4O4S/c1-6-29(7-2)34(31,32)18-9-10-21-20(15-18)26-23(28(21)4)12-13-24(30)27(3)16-17-8-11-22(33-5)19(25)14-17/h8-11,14-15H,6-7,12-13,16H2,1-5H3. The van der Waals surface area contributed by atoms with Crippen molar-refractivity contribution in [3.63, 3.8) is 0 Å². The maximum absolute atomic E-state index is 13.9. The Morgan fingerprint density at radius 3 is 2.47 bits per heavy atom. The van der Waals surface area contributed by atoms with Gasteiger partial charge in [0.25, 0.3) is 0 Å². The van der Waals surface area contributed by atoms with E-state index in [-0.39, 0.29) is 29.5 Å². The molecule has 34 heavy (non-hydrogen) atoms. The molecular weight excluding hydrogens is 459 g/mol. The van der Waals surface area contributed by atoms with Gasteiger partial charge in [0, 0.05) is 46.6 Å². The molecular formula is C24H31FN4O4S. The van der Waals surface area contributed by atoms with Crippen LogP contribution >= 0.6 is 0 Å². The number of halogens is 1. The number of nitrogens with zero attached hydrogens (tertiary/aromatic N) is 4. The van der Waals surface area contributed by atoms with Gasteiger partial charge in [0.05, 0.1) is 23.0 Å². The topological polar surface area (TPSA) is 84.7 Å². The molecule has 1 aromatic heterocycles. The highest BCUT2D eigenvalue weighted by molar-refractivity contribution is 7.89. The summed E-state index contributed by atoms with van der Waals surface area (Å²) >= 11 is 0. The van der Waals surface area contributed by atoms with E-state index in [2.05, 4.69) is 4.98 Å². The molecule has 1 amide bonds. The second-order valence-corrected chi connectivity index (χ2v) is 9.98. The maximum atomic E-state index is 13.9. The molecule has 10 heteroatoms. The molecule has 1 heterocycles. The van der Waals surface area contributed by atoms with Gasteiger partial charge in [-0.1, -0.05) is 19.9 Å². The summed E-state index contributed by atoms with van der Waals surface area (Å²) in [6, 6.07) is 9.54. The molecule has 0 radical (unpaired) electrons. The van der Waals surface area contributed by atoms with E-state index in [0.717, 1.165) is 5.52 Å². The van der Waals surface area contributed by atoms with Crippen LogP contribution in [0.3, 0.4) is 0 Å². The van der Waals surface area contributed by atoms with Crippen LogP contribution in [0.4, 0.5) is 4.39 Å². The summed E-state index contributed by atoms with van der Waals surface area (Å²) in [5.74, 6) is 0.272. The minimum absolute atomic E-state index is 0.104. The largest absolute Gasteiger partial charge is 0.494 e. The molecule has 0 spiro atoms. The molecule has 0 atom stereocenters. The monoisotopic (exact) mass is 490 g/mol. The number of sulfonamides is 1. The summed E-state index contributed by atoms with van der Waals surface area (Å²) in [5.41, 5.74) is 2.03. The van der Waals surface area contributed by atoms with Crippen LogP contribution < -0.4 is 4.74 Å². The molecule has 0 aliphatic carbocycles. The first kappa shape index (κ1) is 25.6. The third-order valence-corrected chi connectivity index (χ3v) is 7.96. The first-order chi connectivity index (χ1) is 16.1. The lowest BCUT2D eigenvalue weighted by molar-refractivity contribution is -0.130. The lowest BCUT2D eigenvalue weighted by atomic mass is 10.2. The first-order valence-electron chi connectivity index (χ1n) is 11.1. The number of methoxy groups -OCH3 is 1. The van der Waals surface area contributed by atoms with Crippen LogP contribution in [0, 0.1) is 5.82 Å². The van der Waals surface area contributed by atoms with Gasteiger partial charge in [0.15, 0.2) is 11.6 Å². The second kappa shape index (κ2) is 10.5. The molecule has 0 saturated carbocycles. The Morgan fingerprint density at radius 2 is 1.85 bits per heavy atom. The number of aryl methyl sites for hydroxylation is 2. The fraction of sp³-hybridized carbons (Fsp3) is 0.417. The predicted molar refractivity (Wildman–Crippen MR) is 129 cm³/mol. The van der Waals surface area contributed by atoms with Crippen LogP contribution in [0.2, 0.25) is 0 Å². The van der Waals surface area contributed by atoms with Gasteiger partial charge < -0.3 is 14.2 Å². The van der Waals surface area contributed by atoms with Gasteiger partial charge in [-0.05, 0) is 35.9 Å². The Balaban J connectivity index is 1.71. The maximum Gasteiger partial charge on any atom is 0.243 e. The zero-order chi connectivity index (χ0) is 25.0. The number of ether oxygens (including phenoxy) is 1. The van der Waals surface area contributed by atoms with E-state index in [4.69, 9.17) is 4.74 Å². The van der Waals surface area contributed by atoms with Crippen molar-refractivity contribution in [3.05, 3.63) is 53.6 Å². The summed E-state index contributed by atoms with van der Waals surface area (Å²) in [6.45, 7) is 4.66. The smallest absolute Gasteiger partial charge is 0.243 e. The number of aromatic nitrogens is 2. The van der Waals surface area contributed by atoms with Gasteiger partial charge in [-0.25, -0.2) is 17.8 Å². The number of carbonyl (C=O) groups excluding carboxylic acids is 1. The average molecular weight is 491 g/mol. The SMILES string of the molecule is CCN(CC)S(=O)(=O)c1ccc2c(c1)nc(CCC(=O)N(C)Cc1ccc(OC)c(F)c1)n2C. The van der Waals surface area contributed by atoms with E-state index in [1.165, 1.54) is 23.5 Å². The van der Waals surface area contributed by atoms with Gasteiger partial charge in [-0.2, -0.15) is 4.31 Å². The number of hydrogen-bond donors (Lipinski definition) is 0. The van der Waals surface area contributed by atoms with Crippen LogP contribution in [0.25, 0.3) is 11.0 Å². The highest BCUT2D eigenvalue weighted by atomic mass is 32.2. The molecule has 0 bridgehead atoms. The van der Waals surface area contributed by atoms with E-state index >= 15 is 0 Å². The molecule has 0 fully saturated rings. The Hall–Kier alpha value is -2.98. The summed E-state index contributed by atoms with van der Waals surface area (Å²) in [6.07, 6.45) is 0.611. The van der Waals surface area contributed by atoms with Gasteiger partial charge in [-0.15, -0.1) is 0 Å². The minimum Gasteiger partial charge on any atom is -0.494 e. The molecule has 3 aromatic rings. The van der Waals surface area contributed by atoms with Gasteiger partial charge in [0.1, 0.15) is 5.82 Å². The van der Waals surface area contributed by atoms with Crippen molar-refractivity contribution in [1.82, 2.24) is 18.8 Å². The number of rotatable bonds is 10. The summed E-state index contributed by atoms with van der Waals surface area (Å²) in [4.78, 5) is 19.0. The van der Waals surface area contributed by atoms with E-state index in [0.29, 0.717) is 36.4 Å². The molecule has 0 N–H and O–H groups in total. The van der Waals surface area contributed by atoms with Gasteiger partial charge >= 0.3 is 0 Å². The Bertz CT molecular complexity index is 1290. The number of benzene rings is 2. The zero-order valence-corrected chi connectivity index (χ0v) is 21.0. The van der Waals surface area contributed by atoms with E-state index in [9.17, 15) is 17.6 Å².